The minimum atomic E-state index is -0.0532. The molecular weight excluding hydrogens is 372 g/mol. The normalized spacial score (nSPS) is 11.7. The molecule has 1 atom stereocenters. The van der Waals surface area contributed by atoms with Crippen LogP contribution >= 0.6 is 11.3 Å². The lowest BCUT2D eigenvalue weighted by molar-refractivity contribution is 0.0744. The molecule has 0 saturated carbocycles. The molecule has 2 heterocycles. The second-order valence-corrected chi connectivity index (χ2v) is 7.33. The van der Waals surface area contributed by atoms with Crippen molar-refractivity contribution in [3.05, 3.63) is 76.2 Å². The highest BCUT2D eigenvalue weighted by molar-refractivity contribution is 7.10. The zero-order chi connectivity index (χ0) is 19.9. The number of carbonyl (C=O) groups is 1. The van der Waals surface area contributed by atoms with Crippen molar-refractivity contribution in [1.29, 1.82) is 0 Å². The van der Waals surface area contributed by atoms with Gasteiger partial charge in [-0.3, -0.25) is 9.78 Å². The van der Waals surface area contributed by atoms with Gasteiger partial charge in [-0.1, -0.05) is 6.07 Å². The maximum atomic E-state index is 13.0. The zero-order valence-corrected chi connectivity index (χ0v) is 17.1. The van der Waals surface area contributed by atoms with Crippen LogP contribution < -0.4 is 9.47 Å². The van der Waals surface area contributed by atoms with Gasteiger partial charge in [0.25, 0.3) is 5.91 Å². The van der Waals surface area contributed by atoms with Crippen LogP contribution in [0.4, 0.5) is 0 Å². The van der Waals surface area contributed by atoms with Crippen LogP contribution in [0.1, 0.15) is 40.7 Å². The Morgan fingerprint density at radius 2 is 1.93 bits per heavy atom. The molecule has 3 aromatic rings. The van der Waals surface area contributed by atoms with Gasteiger partial charge < -0.3 is 14.4 Å². The van der Waals surface area contributed by atoms with E-state index in [9.17, 15) is 4.79 Å². The number of ether oxygens (including phenoxy) is 2. The molecule has 28 heavy (non-hydrogen) atoms. The minimum absolute atomic E-state index is 0.00524. The third kappa shape index (κ3) is 4.70. The van der Waals surface area contributed by atoms with Gasteiger partial charge in [0, 0.05) is 29.9 Å². The summed E-state index contributed by atoms with van der Waals surface area (Å²) in [5, 5.41) is 2.02. The van der Waals surface area contributed by atoms with Crippen molar-refractivity contribution in [3.63, 3.8) is 0 Å². The van der Waals surface area contributed by atoms with Crippen LogP contribution in [-0.2, 0) is 6.61 Å². The van der Waals surface area contributed by atoms with Gasteiger partial charge in [0.1, 0.15) is 6.61 Å². The number of amides is 1. The first-order valence-corrected chi connectivity index (χ1v) is 10.1. The second-order valence-electron chi connectivity index (χ2n) is 6.35. The molecule has 1 amide bonds. The monoisotopic (exact) mass is 396 g/mol. The summed E-state index contributed by atoms with van der Waals surface area (Å²) in [6.45, 7) is 4.83. The van der Waals surface area contributed by atoms with E-state index in [2.05, 4.69) is 4.98 Å². The molecular formula is C22H24N2O3S. The van der Waals surface area contributed by atoms with E-state index in [1.807, 2.05) is 50.5 Å². The van der Waals surface area contributed by atoms with Gasteiger partial charge in [0.2, 0.25) is 0 Å². The summed E-state index contributed by atoms with van der Waals surface area (Å²) in [5.41, 5.74) is 1.59. The van der Waals surface area contributed by atoms with Crippen LogP contribution in [0.25, 0.3) is 0 Å². The van der Waals surface area contributed by atoms with Crippen LogP contribution in [0.3, 0.4) is 0 Å². The van der Waals surface area contributed by atoms with E-state index in [4.69, 9.17) is 9.47 Å². The minimum Gasteiger partial charge on any atom is -0.490 e. The summed E-state index contributed by atoms with van der Waals surface area (Å²) in [4.78, 5) is 19.9. The topological polar surface area (TPSA) is 51.7 Å². The zero-order valence-electron chi connectivity index (χ0n) is 16.3. The lowest BCUT2D eigenvalue weighted by Crippen LogP contribution is -2.29. The first-order valence-electron chi connectivity index (χ1n) is 9.19. The molecule has 1 unspecified atom stereocenters. The van der Waals surface area contributed by atoms with Crippen molar-refractivity contribution in [2.75, 3.05) is 13.7 Å². The Balaban J connectivity index is 1.76. The number of hydrogen-bond acceptors (Lipinski definition) is 5. The molecule has 1 aromatic carbocycles. The van der Waals surface area contributed by atoms with Gasteiger partial charge in [-0.25, -0.2) is 0 Å². The number of carbonyl (C=O) groups excluding carboxylic acids is 1. The van der Waals surface area contributed by atoms with Gasteiger partial charge in [-0.2, -0.15) is 0 Å². The number of pyridine rings is 1. The molecule has 0 saturated heterocycles. The summed E-state index contributed by atoms with van der Waals surface area (Å²) >= 11 is 1.65. The Hall–Kier alpha value is -2.86. The molecule has 0 fully saturated rings. The van der Waals surface area contributed by atoms with E-state index >= 15 is 0 Å². The fourth-order valence-corrected chi connectivity index (χ4v) is 3.59. The van der Waals surface area contributed by atoms with Crippen molar-refractivity contribution in [1.82, 2.24) is 9.88 Å². The summed E-state index contributed by atoms with van der Waals surface area (Å²) in [7, 11) is 1.82. The van der Waals surface area contributed by atoms with E-state index in [1.54, 1.807) is 46.8 Å². The number of aromatic nitrogens is 1. The first kappa shape index (κ1) is 19.9. The first-order chi connectivity index (χ1) is 13.6. The Morgan fingerprint density at radius 1 is 1.14 bits per heavy atom. The molecule has 5 nitrogen and oxygen atoms in total. The summed E-state index contributed by atoms with van der Waals surface area (Å²) in [6, 6.07) is 13.2. The van der Waals surface area contributed by atoms with Gasteiger partial charge in [-0.15, -0.1) is 11.3 Å². The predicted molar refractivity (Wildman–Crippen MR) is 111 cm³/mol. The molecule has 0 spiro atoms. The average molecular weight is 397 g/mol. The molecule has 3 rings (SSSR count). The molecule has 0 aliphatic heterocycles. The SMILES string of the molecule is CCOc1cc(C(=O)N(C)C(C)c2cccs2)ccc1OCc1ccncc1. The van der Waals surface area contributed by atoms with Crippen molar-refractivity contribution in [2.24, 2.45) is 0 Å². The average Bonchev–Trinajstić information content (AvgIpc) is 3.27. The highest BCUT2D eigenvalue weighted by Gasteiger charge is 2.21. The van der Waals surface area contributed by atoms with Crippen molar-refractivity contribution >= 4 is 17.2 Å². The summed E-state index contributed by atoms with van der Waals surface area (Å²) in [6.07, 6.45) is 3.46. The number of thiophene rings is 1. The molecule has 0 aliphatic carbocycles. The Bertz CT molecular complexity index is 897. The molecule has 0 aliphatic rings. The van der Waals surface area contributed by atoms with Gasteiger partial charge in [0.05, 0.1) is 12.6 Å². The van der Waals surface area contributed by atoms with E-state index in [1.165, 1.54) is 0 Å². The smallest absolute Gasteiger partial charge is 0.254 e. The van der Waals surface area contributed by atoms with E-state index < -0.39 is 0 Å². The van der Waals surface area contributed by atoms with Crippen LogP contribution in [-0.4, -0.2) is 29.4 Å². The largest absolute Gasteiger partial charge is 0.490 e. The quantitative estimate of drug-likeness (QED) is 0.540. The number of nitrogens with zero attached hydrogens (tertiary/aromatic N) is 2. The lowest BCUT2D eigenvalue weighted by Gasteiger charge is -2.24. The molecule has 6 heteroatoms. The fraction of sp³-hybridized carbons (Fsp3) is 0.273. The van der Waals surface area contributed by atoms with Crippen molar-refractivity contribution in [3.8, 4) is 11.5 Å². The van der Waals surface area contributed by atoms with Crippen LogP contribution in [0.2, 0.25) is 0 Å². The standard InChI is InChI=1S/C22H24N2O3S/c1-4-26-20-14-18(22(25)24(3)16(2)21-6-5-13-28-21)7-8-19(20)27-15-17-9-11-23-12-10-17/h5-14,16H,4,15H2,1-3H3. The molecule has 2 aromatic heterocycles. The molecule has 0 N–H and O–H groups in total. The van der Waals surface area contributed by atoms with Gasteiger partial charge >= 0.3 is 0 Å². The lowest BCUT2D eigenvalue weighted by atomic mass is 10.1. The Morgan fingerprint density at radius 3 is 2.61 bits per heavy atom. The summed E-state index contributed by atoms with van der Waals surface area (Å²) in [5.74, 6) is 1.13. The Labute approximate surface area is 169 Å². The van der Waals surface area contributed by atoms with Crippen LogP contribution in [0, 0.1) is 0 Å². The Kier molecular flexibility index (Phi) is 6.66. The van der Waals surface area contributed by atoms with E-state index in [-0.39, 0.29) is 11.9 Å². The molecule has 0 radical (unpaired) electrons. The van der Waals surface area contributed by atoms with E-state index in [0.29, 0.717) is 30.3 Å². The number of hydrogen-bond donors (Lipinski definition) is 0. The predicted octanol–water partition coefficient (Wildman–Crippen LogP) is 4.95. The maximum absolute atomic E-state index is 13.0. The summed E-state index contributed by atoms with van der Waals surface area (Å²) < 4.78 is 11.6. The van der Waals surface area contributed by atoms with Gasteiger partial charge in [0.15, 0.2) is 11.5 Å². The van der Waals surface area contributed by atoms with Crippen LogP contribution in [0.15, 0.2) is 60.2 Å². The maximum Gasteiger partial charge on any atom is 0.254 e. The van der Waals surface area contributed by atoms with Crippen molar-refractivity contribution in [2.45, 2.75) is 26.5 Å². The van der Waals surface area contributed by atoms with Crippen LogP contribution in [0.5, 0.6) is 11.5 Å². The highest BCUT2D eigenvalue weighted by atomic mass is 32.1. The van der Waals surface area contributed by atoms with E-state index in [0.717, 1.165) is 10.4 Å². The third-order valence-electron chi connectivity index (χ3n) is 4.49. The second kappa shape index (κ2) is 9.37. The highest BCUT2D eigenvalue weighted by Crippen LogP contribution is 2.31. The molecule has 146 valence electrons. The third-order valence-corrected chi connectivity index (χ3v) is 5.53. The van der Waals surface area contributed by atoms with Gasteiger partial charge in [-0.05, 0) is 61.2 Å². The fourth-order valence-electron chi connectivity index (χ4n) is 2.77. The number of benzene rings is 1. The molecule has 0 bridgehead atoms. The number of rotatable bonds is 8. The van der Waals surface area contributed by atoms with Crippen molar-refractivity contribution < 1.29 is 14.3 Å².